The zero-order valence-corrected chi connectivity index (χ0v) is 9.61. The van der Waals surface area contributed by atoms with Crippen molar-refractivity contribution in [2.45, 2.75) is 32.1 Å². The van der Waals surface area contributed by atoms with Crippen molar-refractivity contribution in [3.05, 3.63) is 42.0 Å². The Morgan fingerprint density at radius 3 is 2.31 bits per heavy atom. The summed E-state index contributed by atoms with van der Waals surface area (Å²) in [6, 6.07) is 7.77. The first-order valence-corrected chi connectivity index (χ1v) is 6.08. The van der Waals surface area contributed by atoms with E-state index < -0.39 is 0 Å². The lowest BCUT2D eigenvalue weighted by atomic mass is 9.84. The smallest absolute Gasteiger partial charge is 0.165 e. The molecule has 0 heterocycles. The van der Waals surface area contributed by atoms with Gasteiger partial charge in [0.05, 0.1) is 0 Å². The van der Waals surface area contributed by atoms with E-state index >= 15 is 0 Å². The predicted molar refractivity (Wildman–Crippen MR) is 67.4 cm³/mol. The molecule has 0 unspecified atom stereocenters. The molecule has 0 N–H and O–H groups in total. The number of Topliss-reactive ketones (excluding diaryl/α,β-unsaturated/α-hetero) is 1. The third kappa shape index (κ3) is 2.41. The van der Waals surface area contributed by atoms with Gasteiger partial charge in [-0.05, 0) is 18.4 Å². The van der Waals surface area contributed by atoms with E-state index in [0.29, 0.717) is 5.78 Å². The lowest BCUT2D eigenvalue weighted by Crippen LogP contribution is -2.17. The second kappa shape index (κ2) is 5.11. The first-order valence-electron chi connectivity index (χ1n) is 6.08. The van der Waals surface area contributed by atoms with Gasteiger partial charge in [-0.1, -0.05) is 56.2 Å². The fourth-order valence-corrected chi connectivity index (χ4v) is 2.38. The van der Waals surface area contributed by atoms with Crippen LogP contribution in [0.25, 0.3) is 6.08 Å². The molecule has 1 aliphatic carbocycles. The van der Waals surface area contributed by atoms with Gasteiger partial charge in [-0.3, -0.25) is 4.79 Å². The molecule has 16 heavy (non-hydrogen) atoms. The number of hydrogen-bond acceptors (Lipinski definition) is 1. The lowest BCUT2D eigenvalue weighted by molar-refractivity contribution is 0.0889. The molecule has 0 aliphatic heterocycles. The van der Waals surface area contributed by atoms with Crippen molar-refractivity contribution >= 4 is 11.9 Å². The summed E-state index contributed by atoms with van der Waals surface area (Å²) in [5, 5.41) is 0. The molecule has 0 aromatic heterocycles. The van der Waals surface area contributed by atoms with Crippen molar-refractivity contribution in [1.82, 2.24) is 0 Å². The fraction of sp³-hybridized carbons (Fsp3) is 0.400. The molecule has 1 aliphatic rings. The van der Waals surface area contributed by atoms with Crippen LogP contribution in [-0.2, 0) is 0 Å². The summed E-state index contributed by atoms with van der Waals surface area (Å²) in [6.45, 7) is 3.71. The predicted octanol–water partition coefficient (Wildman–Crippen LogP) is 4.09. The van der Waals surface area contributed by atoms with Crippen LogP contribution in [0.3, 0.4) is 0 Å². The van der Waals surface area contributed by atoms with Crippen LogP contribution in [0.4, 0.5) is 0 Å². The molecule has 1 heteroatoms. The lowest BCUT2D eigenvalue weighted by Gasteiger charge is -2.20. The minimum absolute atomic E-state index is 0.267. The van der Waals surface area contributed by atoms with E-state index in [0.717, 1.165) is 24.0 Å². The van der Waals surface area contributed by atoms with Gasteiger partial charge in [-0.15, -0.1) is 0 Å². The highest BCUT2D eigenvalue weighted by atomic mass is 16.1. The molecule has 1 nitrogen and oxygen atoms in total. The third-order valence-corrected chi connectivity index (χ3v) is 3.41. The summed E-state index contributed by atoms with van der Waals surface area (Å²) in [4.78, 5) is 12.2. The molecule has 0 atom stereocenters. The number of carbonyl (C=O) groups is 1. The van der Waals surface area contributed by atoms with Crippen LogP contribution in [0.5, 0.6) is 0 Å². The molecule has 1 aromatic rings. The highest BCUT2D eigenvalue weighted by Gasteiger charge is 2.21. The summed E-state index contributed by atoms with van der Waals surface area (Å²) in [5.41, 5.74) is 1.93. The zero-order valence-electron chi connectivity index (χ0n) is 9.61. The molecule has 1 saturated carbocycles. The summed E-state index contributed by atoms with van der Waals surface area (Å²) >= 11 is 0. The molecular weight excluding hydrogens is 196 g/mol. The van der Waals surface area contributed by atoms with Crippen molar-refractivity contribution in [1.29, 1.82) is 0 Å². The average Bonchev–Trinajstić information content (AvgIpc) is 2.39. The van der Waals surface area contributed by atoms with E-state index in [1.807, 2.05) is 24.3 Å². The van der Waals surface area contributed by atoms with Crippen LogP contribution in [-0.4, -0.2) is 5.78 Å². The molecule has 0 radical (unpaired) electrons. The Kier molecular flexibility index (Phi) is 3.55. The molecule has 0 saturated heterocycles. The van der Waals surface area contributed by atoms with Crippen LogP contribution in [0, 0.1) is 5.92 Å². The van der Waals surface area contributed by atoms with E-state index in [9.17, 15) is 4.79 Å². The number of rotatable bonds is 3. The fourth-order valence-electron chi connectivity index (χ4n) is 2.38. The Labute approximate surface area is 97.2 Å². The van der Waals surface area contributed by atoms with Gasteiger partial charge >= 0.3 is 0 Å². The summed E-state index contributed by atoms with van der Waals surface area (Å²) in [6.07, 6.45) is 7.65. The summed E-state index contributed by atoms with van der Waals surface area (Å²) in [7, 11) is 0. The van der Waals surface area contributed by atoms with Crippen molar-refractivity contribution in [2.24, 2.45) is 5.92 Å². The SMILES string of the molecule is C=Cc1ccc(C(=O)C2CCCCC2)cc1. The second-order valence-corrected chi connectivity index (χ2v) is 4.53. The van der Waals surface area contributed by atoms with Crippen LogP contribution in [0.2, 0.25) is 0 Å². The van der Waals surface area contributed by atoms with Gasteiger partial charge in [-0.2, -0.15) is 0 Å². The minimum atomic E-state index is 0.267. The normalized spacial score (nSPS) is 17.0. The second-order valence-electron chi connectivity index (χ2n) is 4.53. The van der Waals surface area contributed by atoms with Crippen molar-refractivity contribution in [2.75, 3.05) is 0 Å². The van der Waals surface area contributed by atoms with Crippen LogP contribution < -0.4 is 0 Å². The first-order chi connectivity index (χ1) is 7.81. The van der Waals surface area contributed by atoms with Crippen LogP contribution >= 0.6 is 0 Å². The molecule has 0 bridgehead atoms. The molecule has 0 amide bonds. The maximum Gasteiger partial charge on any atom is 0.165 e. The Bertz CT molecular complexity index is 369. The molecular formula is C15H18O. The van der Waals surface area contributed by atoms with Gasteiger partial charge in [0.1, 0.15) is 0 Å². The van der Waals surface area contributed by atoms with Gasteiger partial charge in [-0.25, -0.2) is 0 Å². The molecule has 1 fully saturated rings. The van der Waals surface area contributed by atoms with Gasteiger partial charge in [0.15, 0.2) is 5.78 Å². The highest BCUT2D eigenvalue weighted by molar-refractivity contribution is 5.98. The average molecular weight is 214 g/mol. The van der Waals surface area contributed by atoms with E-state index in [1.165, 1.54) is 19.3 Å². The molecule has 1 aromatic carbocycles. The maximum atomic E-state index is 12.2. The van der Waals surface area contributed by atoms with Crippen molar-refractivity contribution in [3.8, 4) is 0 Å². The van der Waals surface area contributed by atoms with Gasteiger partial charge in [0.25, 0.3) is 0 Å². The first kappa shape index (κ1) is 11.1. The third-order valence-electron chi connectivity index (χ3n) is 3.41. The van der Waals surface area contributed by atoms with E-state index in [4.69, 9.17) is 0 Å². The van der Waals surface area contributed by atoms with Gasteiger partial charge < -0.3 is 0 Å². The largest absolute Gasteiger partial charge is 0.294 e. The van der Waals surface area contributed by atoms with Crippen molar-refractivity contribution in [3.63, 3.8) is 0 Å². The number of ketones is 1. The summed E-state index contributed by atoms with van der Waals surface area (Å²) in [5.74, 6) is 0.596. The van der Waals surface area contributed by atoms with E-state index in [2.05, 4.69) is 6.58 Å². The van der Waals surface area contributed by atoms with Crippen molar-refractivity contribution < 1.29 is 4.79 Å². The van der Waals surface area contributed by atoms with Crippen LogP contribution in [0.15, 0.2) is 30.8 Å². The Balaban J connectivity index is 2.10. The zero-order chi connectivity index (χ0) is 11.4. The molecule has 84 valence electrons. The number of carbonyl (C=O) groups excluding carboxylic acids is 1. The Morgan fingerprint density at radius 1 is 1.12 bits per heavy atom. The minimum Gasteiger partial charge on any atom is -0.294 e. The van der Waals surface area contributed by atoms with Gasteiger partial charge in [0, 0.05) is 11.5 Å². The Hall–Kier alpha value is -1.37. The van der Waals surface area contributed by atoms with E-state index in [1.54, 1.807) is 6.08 Å². The highest BCUT2D eigenvalue weighted by Crippen LogP contribution is 2.26. The standard InChI is InChI=1S/C15H18O/c1-2-12-8-10-14(11-9-12)15(16)13-6-4-3-5-7-13/h2,8-11,13H,1,3-7H2. The topological polar surface area (TPSA) is 17.1 Å². The molecule has 0 spiro atoms. The Morgan fingerprint density at radius 2 is 1.75 bits per heavy atom. The maximum absolute atomic E-state index is 12.2. The van der Waals surface area contributed by atoms with E-state index in [-0.39, 0.29) is 5.92 Å². The summed E-state index contributed by atoms with van der Waals surface area (Å²) < 4.78 is 0. The number of hydrogen-bond donors (Lipinski definition) is 0. The molecule has 2 rings (SSSR count). The monoisotopic (exact) mass is 214 g/mol. The van der Waals surface area contributed by atoms with Crippen LogP contribution in [0.1, 0.15) is 48.0 Å². The number of benzene rings is 1. The van der Waals surface area contributed by atoms with Gasteiger partial charge in [0.2, 0.25) is 0 Å². The quantitative estimate of drug-likeness (QED) is 0.692.